The second-order valence-electron chi connectivity index (χ2n) is 11.4. The van der Waals surface area contributed by atoms with Gasteiger partial charge in [-0.25, -0.2) is 0 Å². The van der Waals surface area contributed by atoms with Gasteiger partial charge in [-0.1, -0.05) is 0 Å². The lowest BCUT2D eigenvalue weighted by atomic mass is 9.95. The van der Waals surface area contributed by atoms with Gasteiger partial charge >= 0.3 is 0 Å². The first-order valence-corrected chi connectivity index (χ1v) is 15.8. The lowest BCUT2D eigenvalue weighted by Crippen LogP contribution is -2.67. The predicted octanol–water partition coefficient (Wildman–Crippen LogP) is -8.38. The first-order chi connectivity index (χ1) is 21.8. The van der Waals surface area contributed by atoms with Gasteiger partial charge in [0, 0.05) is 0 Å². The van der Waals surface area contributed by atoms with Gasteiger partial charge in [-0.15, -0.1) is 11.8 Å². The highest BCUT2D eigenvalue weighted by molar-refractivity contribution is 7.99. The van der Waals surface area contributed by atoms with Crippen molar-refractivity contribution < 1.29 is 99.5 Å². The highest BCUT2D eigenvalue weighted by atomic mass is 32.2. The van der Waals surface area contributed by atoms with Crippen molar-refractivity contribution in [2.24, 2.45) is 0 Å². The van der Waals surface area contributed by atoms with Gasteiger partial charge in [-0.3, -0.25) is 0 Å². The molecule has 4 saturated heterocycles. The van der Waals surface area contributed by atoms with E-state index < -0.39 is 148 Å². The SMILES string of the molecule is CS[C@@H]1O[C@H](CO)[C@@H](O[C@@H]2O[C@H](CO)[C@@H](O[C@@H]3O[C@H](CO)[C@@H](O[C@@H]4O[C@H](CO)[C@H](O)[C@H](O)[C@H]4O)[C@H](O)[C@H]3O)[C@H](O)[C@H]2O)[C@H](O)[C@H]1O. The quantitative estimate of drug-likeness (QED) is 0.0953. The van der Waals surface area contributed by atoms with Gasteiger partial charge in [-0.05, 0) is 6.26 Å². The molecule has 21 heteroatoms. The monoisotopic (exact) mass is 696 g/mol. The second kappa shape index (κ2) is 16.5. The lowest BCUT2D eigenvalue weighted by Gasteiger charge is -2.49. The standard InChI is InChI=1S/C25H44O20S/c1-46-25-18(38)14(34)21(9(5-29)42-25)45-24-17(37)13(33)20(8(4-28)41-24)44-23-16(36)12(32)19(7(3-27)40-23)43-22-15(35)11(31)10(30)6(2-26)39-22/h6-38H,2-5H2,1H3/t6-,7-,8-,9-,10+,11+,12-,13-,14-,15-,16-,17-,18-,19-,20-,21-,22+,23+,24+,25+/m1/s1. The minimum Gasteiger partial charge on any atom is -0.394 e. The molecule has 0 aliphatic carbocycles. The van der Waals surface area contributed by atoms with E-state index in [-0.39, 0.29) is 0 Å². The van der Waals surface area contributed by atoms with E-state index in [0.717, 1.165) is 11.8 Å². The van der Waals surface area contributed by atoms with Crippen LogP contribution in [0.1, 0.15) is 0 Å². The maximum absolute atomic E-state index is 10.9. The van der Waals surface area contributed by atoms with Crippen LogP contribution in [-0.2, 0) is 33.2 Å². The molecule has 4 fully saturated rings. The van der Waals surface area contributed by atoms with E-state index >= 15 is 0 Å². The molecule has 4 aliphatic heterocycles. The average molecular weight is 697 g/mol. The van der Waals surface area contributed by atoms with Gasteiger partial charge in [0.25, 0.3) is 0 Å². The Labute approximate surface area is 266 Å². The summed E-state index contributed by atoms with van der Waals surface area (Å²) in [5.74, 6) is 0. The van der Waals surface area contributed by atoms with Crippen LogP contribution in [0.15, 0.2) is 0 Å². The van der Waals surface area contributed by atoms with Crippen LogP contribution < -0.4 is 0 Å². The van der Waals surface area contributed by atoms with Gasteiger partial charge < -0.3 is 99.5 Å². The van der Waals surface area contributed by atoms with Crippen LogP contribution in [0.2, 0.25) is 0 Å². The van der Waals surface area contributed by atoms with Crippen molar-refractivity contribution >= 4 is 11.8 Å². The number of rotatable bonds is 11. The highest BCUT2D eigenvalue weighted by Gasteiger charge is 2.55. The largest absolute Gasteiger partial charge is 0.394 e. The van der Waals surface area contributed by atoms with E-state index in [2.05, 4.69) is 0 Å². The van der Waals surface area contributed by atoms with Gasteiger partial charge in [0.05, 0.1) is 26.4 Å². The lowest BCUT2D eigenvalue weighted by molar-refractivity contribution is -0.384. The molecule has 0 aromatic rings. The zero-order chi connectivity index (χ0) is 34.0. The van der Waals surface area contributed by atoms with Crippen molar-refractivity contribution in [2.75, 3.05) is 32.7 Å². The Hall–Kier alpha value is -0.450. The van der Waals surface area contributed by atoms with E-state index in [1.165, 1.54) is 0 Å². The Morgan fingerprint density at radius 1 is 0.413 bits per heavy atom. The molecular weight excluding hydrogens is 652 g/mol. The first-order valence-electron chi connectivity index (χ1n) is 14.5. The Morgan fingerprint density at radius 2 is 0.739 bits per heavy atom. The molecule has 0 spiro atoms. The first kappa shape index (κ1) is 38.4. The topological polar surface area (TPSA) is 328 Å². The van der Waals surface area contributed by atoms with Crippen LogP contribution in [0, 0.1) is 0 Å². The molecule has 46 heavy (non-hydrogen) atoms. The summed E-state index contributed by atoms with van der Waals surface area (Å²) < 4.78 is 38.6. The van der Waals surface area contributed by atoms with Crippen LogP contribution in [-0.4, -0.2) is 221 Å². The molecule has 0 radical (unpaired) electrons. The normalized spacial score (nSPS) is 52.0. The summed E-state index contributed by atoms with van der Waals surface area (Å²) in [6, 6.07) is 0. The van der Waals surface area contributed by atoms with Crippen molar-refractivity contribution in [3.63, 3.8) is 0 Å². The molecule has 0 aromatic heterocycles. The Balaban J connectivity index is 1.43. The van der Waals surface area contributed by atoms with Crippen molar-refractivity contribution in [3.8, 4) is 0 Å². The van der Waals surface area contributed by atoms with Crippen LogP contribution in [0.3, 0.4) is 0 Å². The number of aliphatic hydroxyl groups excluding tert-OH is 13. The maximum atomic E-state index is 10.9. The highest BCUT2D eigenvalue weighted by Crippen LogP contribution is 2.35. The van der Waals surface area contributed by atoms with Crippen molar-refractivity contribution in [3.05, 3.63) is 0 Å². The fourth-order valence-corrected chi connectivity index (χ4v) is 6.42. The second-order valence-corrected chi connectivity index (χ2v) is 12.3. The summed E-state index contributed by atoms with van der Waals surface area (Å²) in [6.07, 6.45) is -30.4. The molecule has 4 aliphatic rings. The van der Waals surface area contributed by atoms with Crippen LogP contribution in [0.5, 0.6) is 0 Å². The molecule has 0 unspecified atom stereocenters. The molecule has 0 aromatic carbocycles. The Morgan fingerprint density at radius 3 is 1.11 bits per heavy atom. The van der Waals surface area contributed by atoms with Gasteiger partial charge in [0.2, 0.25) is 0 Å². The van der Waals surface area contributed by atoms with Crippen molar-refractivity contribution in [1.29, 1.82) is 0 Å². The number of ether oxygens (including phenoxy) is 7. The summed E-state index contributed by atoms with van der Waals surface area (Å²) in [5.41, 5.74) is -0.903. The molecule has 20 atom stereocenters. The molecule has 0 bridgehead atoms. The number of thioether (sulfide) groups is 1. The molecule has 4 rings (SSSR count). The minimum atomic E-state index is -2.00. The molecule has 0 saturated carbocycles. The number of hydrogen-bond acceptors (Lipinski definition) is 21. The fourth-order valence-electron chi connectivity index (χ4n) is 5.73. The molecule has 0 amide bonds. The van der Waals surface area contributed by atoms with Crippen molar-refractivity contribution in [2.45, 2.75) is 122 Å². The van der Waals surface area contributed by atoms with E-state index in [4.69, 9.17) is 33.2 Å². The summed E-state index contributed by atoms with van der Waals surface area (Å²) in [5, 5.41) is 134. The van der Waals surface area contributed by atoms with Crippen molar-refractivity contribution in [1.82, 2.24) is 0 Å². The van der Waals surface area contributed by atoms with E-state index in [1.807, 2.05) is 0 Å². The van der Waals surface area contributed by atoms with Crippen LogP contribution >= 0.6 is 11.8 Å². The Kier molecular flexibility index (Phi) is 13.8. The third-order valence-electron chi connectivity index (χ3n) is 8.42. The Bertz CT molecular complexity index is 932. The number of hydrogen-bond donors (Lipinski definition) is 13. The minimum absolute atomic E-state index is 0.654. The summed E-state index contributed by atoms with van der Waals surface area (Å²) in [6.45, 7) is -3.17. The van der Waals surface area contributed by atoms with E-state index in [9.17, 15) is 66.4 Å². The third kappa shape index (κ3) is 7.65. The van der Waals surface area contributed by atoms with E-state index in [1.54, 1.807) is 6.26 Å². The van der Waals surface area contributed by atoms with E-state index in [0.29, 0.717) is 0 Å². The molecule has 4 heterocycles. The molecule has 20 nitrogen and oxygen atoms in total. The molecular formula is C25H44O20S. The summed E-state index contributed by atoms with van der Waals surface area (Å²) in [4.78, 5) is 0. The smallest absolute Gasteiger partial charge is 0.187 e. The maximum Gasteiger partial charge on any atom is 0.187 e. The van der Waals surface area contributed by atoms with Gasteiger partial charge in [0.1, 0.15) is 103 Å². The average Bonchev–Trinajstić information content (AvgIpc) is 3.05. The van der Waals surface area contributed by atoms with Gasteiger partial charge in [0.15, 0.2) is 18.9 Å². The van der Waals surface area contributed by atoms with Crippen LogP contribution in [0.4, 0.5) is 0 Å². The number of aliphatic hydroxyl groups is 13. The predicted molar refractivity (Wildman–Crippen MR) is 145 cm³/mol. The zero-order valence-corrected chi connectivity index (χ0v) is 25.3. The summed E-state index contributed by atoms with van der Waals surface area (Å²) in [7, 11) is 0. The molecule has 270 valence electrons. The third-order valence-corrected chi connectivity index (χ3v) is 9.27. The molecule has 13 N–H and O–H groups in total. The van der Waals surface area contributed by atoms with Crippen LogP contribution in [0.25, 0.3) is 0 Å². The zero-order valence-electron chi connectivity index (χ0n) is 24.5. The fraction of sp³-hybridized carbons (Fsp3) is 1.00. The van der Waals surface area contributed by atoms with Gasteiger partial charge in [-0.2, -0.15) is 0 Å². The summed E-state index contributed by atoms with van der Waals surface area (Å²) >= 11 is 1.07.